The lowest BCUT2D eigenvalue weighted by molar-refractivity contribution is 0.0944. The third-order valence-electron chi connectivity index (χ3n) is 4.03. The van der Waals surface area contributed by atoms with Crippen LogP contribution in [-0.4, -0.2) is 18.3 Å². The van der Waals surface area contributed by atoms with E-state index < -0.39 is 0 Å². The van der Waals surface area contributed by atoms with Gasteiger partial charge < -0.3 is 10.4 Å². The van der Waals surface area contributed by atoms with E-state index in [2.05, 4.69) is 11.4 Å². The second-order valence-electron chi connectivity index (χ2n) is 5.56. The number of nitrogens with one attached hydrogen (secondary N) is 1. The maximum atomic E-state index is 9.66. The highest BCUT2D eigenvalue weighted by atomic mass is 35.5. The molecule has 0 atom stereocenters. The van der Waals surface area contributed by atoms with Gasteiger partial charge in [0.1, 0.15) is 0 Å². The van der Waals surface area contributed by atoms with E-state index in [1.807, 2.05) is 19.1 Å². The number of benzene rings is 1. The van der Waals surface area contributed by atoms with Gasteiger partial charge in [0, 0.05) is 12.0 Å². The Morgan fingerprint density at radius 1 is 1.28 bits per heavy atom. The predicted molar refractivity (Wildman–Crippen MR) is 77.3 cm³/mol. The Bertz CT molecular complexity index is 399. The Kier molecular flexibility index (Phi) is 4.52. The van der Waals surface area contributed by atoms with Crippen molar-refractivity contribution in [1.82, 2.24) is 0 Å². The van der Waals surface area contributed by atoms with Gasteiger partial charge in [0.25, 0.3) is 0 Å². The molecule has 2 nitrogen and oxygen atoms in total. The van der Waals surface area contributed by atoms with E-state index in [4.69, 9.17) is 11.6 Å². The fraction of sp³-hybridized carbons (Fsp3) is 0.600. The normalized spacial score (nSPS) is 18.6. The molecule has 1 aliphatic rings. The molecular weight excluding hydrogens is 246 g/mol. The Labute approximate surface area is 114 Å². The molecule has 1 saturated carbocycles. The first kappa shape index (κ1) is 13.7. The molecule has 1 aliphatic carbocycles. The number of aliphatic hydroxyl groups is 1. The molecule has 2 rings (SSSR count). The summed E-state index contributed by atoms with van der Waals surface area (Å²) in [5, 5.41) is 13.8. The standard InChI is InChI=1S/C15H22ClNO/c1-12-5-6-14(13(16)9-12)17-10-15(11-18)7-3-2-4-8-15/h5-6,9,17-18H,2-4,7-8,10-11H2,1H3. The average molecular weight is 268 g/mol. The van der Waals surface area contributed by atoms with E-state index in [1.165, 1.54) is 24.8 Å². The zero-order valence-corrected chi connectivity index (χ0v) is 11.8. The molecule has 18 heavy (non-hydrogen) atoms. The summed E-state index contributed by atoms with van der Waals surface area (Å²) >= 11 is 6.21. The van der Waals surface area contributed by atoms with Crippen LogP contribution in [0.5, 0.6) is 0 Å². The molecule has 0 spiro atoms. The maximum Gasteiger partial charge on any atom is 0.0640 e. The van der Waals surface area contributed by atoms with Crippen molar-refractivity contribution in [2.24, 2.45) is 5.41 Å². The third-order valence-corrected chi connectivity index (χ3v) is 4.34. The summed E-state index contributed by atoms with van der Waals surface area (Å²) in [6, 6.07) is 6.04. The largest absolute Gasteiger partial charge is 0.396 e. The van der Waals surface area contributed by atoms with Gasteiger partial charge in [-0.1, -0.05) is 36.9 Å². The molecule has 0 radical (unpaired) electrons. The van der Waals surface area contributed by atoms with Crippen LogP contribution >= 0.6 is 11.6 Å². The SMILES string of the molecule is Cc1ccc(NCC2(CO)CCCCC2)c(Cl)c1. The van der Waals surface area contributed by atoms with Crippen molar-refractivity contribution in [3.05, 3.63) is 28.8 Å². The maximum absolute atomic E-state index is 9.66. The van der Waals surface area contributed by atoms with Crippen molar-refractivity contribution in [2.75, 3.05) is 18.5 Å². The van der Waals surface area contributed by atoms with E-state index in [9.17, 15) is 5.11 Å². The Morgan fingerprint density at radius 2 is 2.00 bits per heavy atom. The Hall–Kier alpha value is -0.730. The average Bonchev–Trinajstić information content (AvgIpc) is 2.39. The summed E-state index contributed by atoms with van der Waals surface area (Å²) in [6.45, 7) is 3.11. The second kappa shape index (κ2) is 5.94. The lowest BCUT2D eigenvalue weighted by Gasteiger charge is -2.36. The predicted octanol–water partition coefficient (Wildman–Crippen LogP) is 4.00. The van der Waals surface area contributed by atoms with Gasteiger partial charge in [-0.2, -0.15) is 0 Å². The molecule has 1 aromatic carbocycles. The van der Waals surface area contributed by atoms with Gasteiger partial charge in [0.05, 0.1) is 17.3 Å². The van der Waals surface area contributed by atoms with Crippen molar-refractivity contribution < 1.29 is 5.11 Å². The smallest absolute Gasteiger partial charge is 0.0640 e. The van der Waals surface area contributed by atoms with Gasteiger partial charge in [-0.25, -0.2) is 0 Å². The fourth-order valence-corrected chi connectivity index (χ4v) is 3.04. The highest BCUT2D eigenvalue weighted by Crippen LogP contribution is 2.36. The summed E-state index contributed by atoms with van der Waals surface area (Å²) in [5.74, 6) is 0. The molecule has 0 aromatic heterocycles. The first-order valence-electron chi connectivity index (χ1n) is 6.76. The zero-order chi connectivity index (χ0) is 13.0. The quantitative estimate of drug-likeness (QED) is 0.864. The third kappa shape index (κ3) is 3.18. The number of halogens is 1. The van der Waals surface area contributed by atoms with E-state index in [0.717, 1.165) is 30.1 Å². The van der Waals surface area contributed by atoms with Crippen LogP contribution in [0.1, 0.15) is 37.7 Å². The minimum atomic E-state index is 0.0481. The summed E-state index contributed by atoms with van der Waals surface area (Å²) in [7, 11) is 0. The second-order valence-corrected chi connectivity index (χ2v) is 5.96. The monoisotopic (exact) mass is 267 g/mol. The number of hydrogen-bond acceptors (Lipinski definition) is 2. The molecular formula is C15H22ClNO. The van der Waals surface area contributed by atoms with E-state index in [-0.39, 0.29) is 12.0 Å². The zero-order valence-electron chi connectivity index (χ0n) is 11.0. The molecule has 100 valence electrons. The van der Waals surface area contributed by atoms with Crippen molar-refractivity contribution in [2.45, 2.75) is 39.0 Å². The van der Waals surface area contributed by atoms with E-state index >= 15 is 0 Å². The molecule has 1 aromatic rings. The molecule has 0 heterocycles. The summed E-state index contributed by atoms with van der Waals surface area (Å²) < 4.78 is 0. The fourth-order valence-electron chi connectivity index (χ4n) is 2.74. The van der Waals surface area contributed by atoms with Gasteiger partial charge in [-0.15, -0.1) is 0 Å². The minimum absolute atomic E-state index is 0.0481. The van der Waals surface area contributed by atoms with Crippen molar-refractivity contribution in [3.8, 4) is 0 Å². The Balaban J connectivity index is 2.01. The van der Waals surface area contributed by atoms with Crippen LogP contribution in [0.15, 0.2) is 18.2 Å². The number of aryl methyl sites for hydroxylation is 1. The number of aliphatic hydroxyl groups excluding tert-OH is 1. The molecule has 0 bridgehead atoms. The molecule has 2 N–H and O–H groups in total. The first-order valence-corrected chi connectivity index (χ1v) is 7.14. The van der Waals surface area contributed by atoms with Crippen LogP contribution in [0.4, 0.5) is 5.69 Å². The van der Waals surface area contributed by atoms with Gasteiger partial charge in [0.2, 0.25) is 0 Å². The van der Waals surface area contributed by atoms with Crippen molar-refractivity contribution >= 4 is 17.3 Å². The van der Waals surface area contributed by atoms with E-state index in [0.29, 0.717) is 0 Å². The summed E-state index contributed by atoms with van der Waals surface area (Å²) in [5.41, 5.74) is 2.19. The lowest BCUT2D eigenvalue weighted by Crippen LogP contribution is -2.35. The molecule has 1 fully saturated rings. The molecule has 0 unspecified atom stereocenters. The van der Waals surface area contributed by atoms with Gasteiger partial charge in [0.15, 0.2) is 0 Å². The topological polar surface area (TPSA) is 32.3 Å². The summed E-state index contributed by atoms with van der Waals surface area (Å²) in [4.78, 5) is 0. The van der Waals surface area contributed by atoms with Crippen LogP contribution in [0.2, 0.25) is 5.02 Å². The number of hydrogen-bond donors (Lipinski definition) is 2. The first-order chi connectivity index (χ1) is 8.65. The number of anilines is 1. The molecule has 0 amide bonds. The molecule has 3 heteroatoms. The van der Waals surface area contributed by atoms with Gasteiger partial charge in [-0.3, -0.25) is 0 Å². The highest BCUT2D eigenvalue weighted by molar-refractivity contribution is 6.33. The van der Waals surface area contributed by atoms with Gasteiger partial charge in [-0.05, 0) is 37.5 Å². The van der Waals surface area contributed by atoms with Crippen LogP contribution in [0, 0.1) is 12.3 Å². The lowest BCUT2D eigenvalue weighted by atomic mass is 9.74. The van der Waals surface area contributed by atoms with Crippen molar-refractivity contribution in [1.29, 1.82) is 0 Å². The minimum Gasteiger partial charge on any atom is -0.396 e. The highest BCUT2D eigenvalue weighted by Gasteiger charge is 2.31. The van der Waals surface area contributed by atoms with Crippen LogP contribution < -0.4 is 5.32 Å². The van der Waals surface area contributed by atoms with Crippen LogP contribution in [0.25, 0.3) is 0 Å². The number of rotatable bonds is 4. The van der Waals surface area contributed by atoms with Crippen LogP contribution in [-0.2, 0) is 0 Å². The summed E-state index contributed by atoms with van der Waals surface area (Å²) in [6.07, 6.45) is 5.97. The molecule has 0 aliphatic heterocycles. The Morgan fingerprint density at radius 3 is 2.61 bits per heavy atom. The molecule has 0 saturated heterocycles. The van der Waals surface area contributed by atoms with Crippen LogP contribution in [0.3, 0.4) is 0 Å². The van der Waals surface area contributed by atoms with Gasteiger partial charge >= 0.3 is 0 Å². The van der Waals surface area contributed by atoms with Crippen molar-refractivity contribution in [3.63, 3.8) is 0 Å². The van der Waals surface area contributed by atoms with E-state index in [1.54, 1.807) is 0 Å².